The third kappa shape index (κ3) is 3.94. The van der Waals surface area contributed by atoms with Crippen LogP contribution in [-0.2, 0) is 23.8 Å². The average Bonchev–Trinajstić information content (AvgIpc) is 3.10. The Bertz CT molecular complexity index is 865. The second-order valence-electron chi connectivity index (χ2n) is 10.9. The zero-order valence-corrected chi connectivity index (χ0v) is 20.9. The lowest BCUT2D eigenvalue weighted by atomic mass is 9.46. The van der Waals surface area contributed by atoms with E-state index >= 15 is 0 Å². The number of ether oxygens (including phenoxy) is 3. The number of hydrogen-bond acceptors (Lipinski definition) is 7. The number of carbonyl (C=O) groups excluding carboxylic acids is 2. The minimum Gasteiger partial charge on any atom is -0.393 e. The van der Waals surface area contributed by atoms with E-state index in [0.29, 0.717) is 25.9 Å². The normalized spacial score (nSPS) is 41.9. The number of allylic oxidation sites excluding steroid dienone is 4. The van der Waals surface area contributed by atoms with Crippen molar-refractivity contribution < 1.29 is 34.0 Å². The molecule has 3 saturated carbocycles. The first-order valence-electron chi connectivity index (χ1n) is 12.8. The smallest absolute Gasteiger partial charge is 0.190 e. The van der Waals surface area contributed by atoms with E-state index in [4.69, 9.17) is 14.2 Å². The van der Waals surface area contributed by atoms with Gasteiger partial charge in [-0.15, -0.1) is 0 Å². The molecule has 0 saturated heterocycles. The van der Waals surface area contributed by atoms with Gasteiger partial charge in [-0.3, -0.25) is 9.59 Å². The summed E-state index contributed by atoms with van der Waals surface area (Å²) in [6, 6.07) is 0. The number of aliphatic hydroxyl groups excluding tert-OH is 2. The summed E-state index contributed by atoms with van der Waals surface area (Å²) in [6.45, 7) is 8.13. The summed E-state index contributed by atoms with van der Waals surface area (Å²) in [5.41, 5.74) is -0.970. The molecule has 4 aliphatic carbocycles. The third-order valence-electron chi connectivity index (χ3n) is 9.42. The Morgan fingerprint density at radius 1 is 1.26 bits per heavy atom. The average molecular weight is 477 g/mol. The zero-order valence-electron chi connectivity index (χ0n) is 20.9. The number of ketones is 2. The molecule has 0 bridgehead atoms. The molecule has 190 valence electrons. The van der Waals surface area contributed by atoms with Gasteiger partial charge in [0, 0.05) is 23.4 Å². The van der Waals surface area contributed by atoms with Crippen molar-refractivity contribution in [1.29, 1.82) is 0 Å². The van der Waals surface area contributed by atoms with Crippen LogP contribution < -0.4 is 0 Å². The highest BCUT2D eigenvalue weighted by Crippen LogP contribution is 2.67. The predicted octanol–water partition coefficient (Wildman–Crippen LogP) is 3.33. The Morgan fingerprint density at radius 3 is 2.74 bits per heavy atom. The molecule has 7 heteroatoms. The van der Waals surface area contributed by atoms with Gasteiger partial charge >= 0.3 is 0 Å². The molecule has 8 atom stereocenters. The Morgan fingerprint density at radius 2 is 2.03 bits per heavy atom. The predicted molar refractivity (Wildman–Crippen MR) is 126 cm³/mol. The van der Waals surface area contributed by atoms with E-state index in [0.717, 1.165) is 24.8 Å². The van der Waals surface area contributed by atoms with Gasteiger partial charge in [-0.2, -0.15) is 0 Å². The van der Waals surface area contributed by atoms with Crippen LogP contribution in [0.4, 0.5) is 0 Å². The van der Waals surface area contributed by atoms with Gasteiger partial charge in [0.25, 0.3) is 0 Å². The Balaban J connectivity index is 1.67. The molecule has 8 unspecified atom stereocenters. The standard InChI is InChI=1S/C27H40O7/c1-5-23(31)33-15-22(30)27(34-16-32-6-2)12-10-20-19-8-7-17-13-18(28)9-11-25(17,3)24(19)21(29)14-26(20,27)4/h9,11,13,19-21,23-24,29,31H,5-8,10,12,14-16H2,1-4H3. The molecule has 4 aliphatic rings. The maximum absolute atomic E-state index is 13.7. The van der Waals surface area contributed by atoms with Crippen molar-refractivity contribution in [2.75, 3.05) is 20.0 Å². The van der Waals surface area contributed by atoms with Crippen LogP contribution in [0.25, 0.3) is 0 Å². The van der Waals surface area contributed by atoms with Crippen LogP contribution in [0, 0.1) is 28.6 Å². The van der Waals surface area contributed by atoms with Crippen LogP contribution in [0.5, 0.6) is 0 Å². The summed E-state index contributed by atoms with van der Waals surface area (Å²) in [5, 5.41) is 21.5. The number of fused-ring (bicyclic) bond motifs is 5. The fourth-order valence-corrected chi connectivity index (χ4v) is 7.72. The van der Waals surface area contributed by atoms with E-state index in [1.165, 1.54) is 0 Å². The summed E-state index contributed by atoms with van der Waals surface area (Å²) in [6.07, 6.45) is 7.62. The molecule has 0 radical (unpaired) electrons. The van der Waals surface area contributed by atoms with Crippen molar-refractivity contribution in [3.05, 3.63) is 23.8 Å². The van der Waals surface area contributed by atoms with Gasteiger partial charge < -0.3 is 24.4 Å². The van der Waals surface area contributed by atoms with Crippen molar-refractivity contribution in [1.82, 2.24) is 0 Å². The minimum atomic E-state index is -1.14. The van der Waals surface area contributed by atoms with Crippen LogP contribution in [-0.4, -0.2) is 59.8 Å². The second-order valence-corrected chi connectivity index (χ2v) is 10.9. The third-order valence-corrected chi connectivity index (χ3v) is 9.42. The molecular formula is C27H40O7. The van der Waals surface area contributed by atoms with E-state index in [1.807, 2.05) is 13.0 Å². The maximum atomic E-state index is 13.7. The van der Waals surface area contributed by atoms with Gasteiger partial charge in [-0.05, 0) is 69.4 Å². The van der Waals surface area contributed by atoms with Crippen molar-refractivity contribution in [3.8, 4) is 0 Å². The topological polar surface area (TPSA) is 102 Å². The van der Waals surface area contributed by atoms with Crippen LogP contribution in [0.1, 0.15) is 66.2 Å². The summed E-state index contributed by atoms with van der Waals surface area (Å²) >= 11 is 0. The van der Waals surface area contributed by atoms with Crippen molar-refractivity contribution in [2.45, 2.75) is 84.2 Å². The fraction of sp³-hybridized carbons (Fsp3) is 0.778. The quantitative estimate of drug-likeness (QED) is 0.389. The number of hydrogen-bond donors (Lipinski definition) is 2. The van der Waals surface area contributed by atoms with E-state index in [1.54, 1.807) is 19.1 Å². The fourth-order valence-electron chi connectivity index (χ4n) is 7.72. The minimum absolute atomic E-state index is 0.000518. The number of Topliss-reactive ketones (excluding diaryl/α,β-unsaturated/α-hetero) is 1. The number of rotatable bonds is 9. The molecule has 0 aliphatic heterocycles. The molecule has 0 heterocycles. The Labute approximate surface area is 202 Å². The first kappa shape index (κ1) is 25.7. The highest BCUT2D eigenvalue weighted by molar-refractivity contribution is 6.01. The zero-order chi connectivity index (χ0) is 24.7. The largest absolute Gasteiger partial charge is 0.393 e. The lowest BCUT2D eigenvalue weighted by molar-refractivity contribution is -0.221. The molecule has 0 spiro atoms. The molecule has 3 fully saturated rings. The highest BCUT2D eigenvalue weighted by atomic mass is 16.7. The second kappa shape index (κ2) is 9.58. The lowest BCUT2D eigenvalue weighted by Crippen LogP contribution is -2.62. The number of carbonyl (C=O) groups is 2. The van der Waals surface area contributed by atoms with Crippen molar-refractivity contribution >= 4 is 11.6 Å². The van der Waals surface area contributed by atoms with Crippen LogP contribution in [0.15, 0.2) is 23.8 Å². The van der Waals surface area contributed by atoms with E-state index in [2.05, 4.69) is 13.8 Å². The Hall–Kier alpha value is -1.38. The summed E-state index contributed by atoms with van der Waals surface area (Å²) < 4.78 is 17.2. The van der Waals surface area contributed by atoms with Gasteiger partial charge in [0.15, 0.2) is 17.9 Å². The molecule has 34 heavy (non-hydrogen) atoms. The summed E-state index contributed by atoms with van der Waals surface area (Å²) in [5.74, 6) is 0.213. The van der Waals surface area contributed by atoms with Crippen LogP contribution >= 0.6 is 0 Å². The van der Waals surface area contributed by atoms with E-state index in [-0.39, 0.29) is 48.1 Å². The monoisotopic (exact) mass is 476 g/mol. The van der Waals surface area contributed by atoms with Gasteiger partial charge in [-0.1, -0.05) is 32.4 Å². The molecule has 4 rings (SSSR count). The first-order valence-corrected chi connectivity index (χ1v) is 12.8. The molecule has 0 aromatic carbocycles. The van der Waals surface area contributed by atoms with E-state index < -0.39 is 23.4 Å². The SMILES string of the molecule is CCOCOC1(C(=O)COC(O)CC)CCC2C3CCC4=CC(=O)C=CC4(C)C3C(O)CC21C. The Kier molecular flexibility index (Phi) is 7.25. The molecule has 2 N–H and O–H groups in total. The molecular weight excluding hydrogens is 436 g/mol. The van der Waals surface area contributed by atoms with Crippen molar-refractivity contribution in [2.24, 2.45) is 28.6 Å². The van der Waals surface area contributed by atoms with Crippen molar-refractivity contribution in [3.63, 3.8) is 0 Å². The lowest BCUT2D eigenvalue weighted by Gasteiger charge is -2.60. The van der Waals surface area contributed by atoms with E-state index in [9.17, 15) is 19.8 Å². The van der Waals surface area contributed by atoms with Crippen LogP contribution in [0.2, 0.25) is 0 Å². The number of aliphatic hydroxyl groups is 2. The first-order chi connectivity index (χ1) is 16.1. The maximum Gasteiger partial charge on any atom is 0.190 e. The van der Waals surface area contributed by atoms with Gasteiger partial charge in [0.1, 0.15) is 19.0 Å². The molecule has 0 aromatic rings. The van der Waals surface area contributed by atoms with Crippen LogP contribution in [0.3, 0.4) is 0 Å². The summed E-state index contributed by atoms with van der Waals surface area (Å²) in [4.78, 5) is 25.7. The highest BCUT2D eigenvalue weighted by Gasteiger charge is 2.69. The molecule has 7 nitrogen and oxygen atoms in total. The van der Waals surface area contributed by atoms with Gasteiger partial charge in [-0.25, -0.2) is 0 Å². The molecule has 0 amide bonds. The summed E-state index contributed by atoms with van der Waals surface area (Å²) in [7, 11) is 0. The molecule has 0 aromatic heterocycles. The van der Waals surface area contributed by atoms with Gasteiger partial charge in [0.05, 0.1) is 6.10 Å². The van der Waals surface area contributed by atoms with Gasteiger partial charge in [0.2, 0.25) is 0 Å².